The summed E-state index contributed by atoms with van der Waals surface area (Å²) in [6.45, 7) is 9.63. The minimum atomic E-state index is 0.566. The molecule has 0 bridgehead atoms. The van der Waals surface area contributed by atoms with E-state index < -0.39 is 0 Å². The molecule has 0 amide bonds. The Morgan fingerprint density at radius 3 is 2.32 bits per heavy atom. The van der Waals surface area contributed by atoms with Crippen LogP contribution in [0.15, 0.2) is 24.3 Å². The molecule has 1 aromatic heterocycles. The van der Waals surface area contributed by atoms with Gasteiger partial charge in [0.15, 0.2) is 0 Å². The first-order valence-electron chi connectivity index (χ1n) is 7.21. The number of aryl methyl sites for hydroxylation is 1. The Morgan fingerprint density at radius 2 is 1.74 bits per heavy atom. The highest BCUT2D eigenvalue weighted by Gasteiger charge is 2.17. The summed E-state index contributed by atoms with van der Waals surface area (Å²) in [6.07, 6.45) is 0. The smallest absolute Gasteiger partial charge is 0.0482 e. The van der Waals surface area contributed by atoms with Crippen LogP contribution in [0.3, 0.4) is 0 Å². The average Bonchev–Trinajstić information content (AvgIpc) is 2.64. The molecule has 1 aromatic carbocycles. The Bertz CT molecular complexity index is 523. The summed E-state index contributed by atoms with van der Waals surface area (Å²) in [7, 11) is 6.43. The van der Waals surface area contributed by atoms with Gasteiger partial charge in [0.1, 0.15) is 0 Å². The second-order valence-electron chi connectivity index (χ2n) is 5.24. The predicted molar refractivity (Wildman–Crippen MR) is 86.0 cm³/mol. The van der Waals surface area contributed by atoms with E-state index in [1.807, 2.05) is 13.8 Å². The van der Waals surface area contributed by atoms with Crippen molar-refractivity contribution in [2.75, 3.05) is 20.6 Å². The number of aromatic nitrogens is 1. The molecule has 19 heavy (non-hydrogen) atoms. The maximum absolute atomic E-state index is 2.31. The Kier molecular flexibility index (Phi) is 5.61. The molecule has 1 unspecified atom stereocenters. The molecular weight excluding hydrogens is 232 g/mol. The van der Waals surface area contributed by atoms with E-state index >= 15 is 0 Å². The summed E-state index contributed by atoms with van der Waals surface area (Å²) in [4.78, 5) is 2.26. The van der Waals surface area contributed by atoms with Crippen LogP contribution in [0.1, 0.15) is 37.9 Å². The van der Waals surface area contributed by atoms with Crippen molar-refractivity contribution in [2.24, 2.45) is 7.05 Å². The minimum Gasteiger partial charge on any atom is -0.348 e. The number of benzene rings is 1. The lowest BCUT2D eigenvalue weighted by Gasteiger charge is -2.17. The number of hydrogen-bond donors (Lipinski definition) is 0. The lowest BCUT2D eigenvalue weighted by molar-refractivity contribution is 0.383. The molecule has 0 aliphatic heterocycles. The summed E-state index contributed by atoms with van der Waals surface area (Å²) in [5, 5.41) is 1.40. The Balaban J connectivity index is 0.000000861. The van der Waals surface area contributed by atoms with Crippen LogP contribution in [0.2, 0.25) is 0 Å². The molecule has 0 saturated heterocycles. The number of hydrogen-bond acceptors (Lipinski definition) is 1. The van der Waals surface area contributed by atoms with Crippen molar-refractivity contribution in [1.82, 2.24) is 9.47 Å². The third-order valence-corrected chi connectivity index (χ3v) is 3.58. The Hall–Kier alpha value is -1.28. The molecule has 0 spiro atoms. The van der Waals surface area contributed by atoms with E-state index in [0.29, 0.717) is 5.92 Å². The number of likely N-dealkylation sites (N-methyl/N-ethyl adjacent to an activating group) is 1. The molecule has 2 nitrogen and oxygen atoms in total. The van der Waals surface area contributed by atoms with Crippen molar-refractivity contribution >= 4 is 10.9 Å². The Labute approximate surface area is 118 Å². The lowest BCUT2D eigenvalue weighted by Crippen LogP contribution is -2.18. The highest BCUT2D eigenvalue weighted by Crippen LogP contribution is 2.31. The van der Waals surface area contributed by atoms with Gasteiger partial charge >= 0.3 is 0 Å². The van der Waals surface area contributed by atoms with E-state index in [1.54, 1.807) is 0 Å². The van der Waals surface area contributed by atoms with Gasteiger partial charge in [-0.1, -0.05) is 39.0 Å². The molecule has 1 heterocycles. The quantitative estimate of drug-likeness (QED) is 0.804. The Morgan fingerprint density at radius 1 is 1.16 bits per heavy atom. The fourth-order valence-electron chi connectivity index (χ4n) is 2.81. The van der Waals surface area contributed by atoms with Gasteiger partial charge in [-0.3, -0.25) is 0 Å². The molecule has 1 atom stereocenters. The topological polar surface area (TPSA) is 8.17 Å². The highest BCUT2D eigenvalue weighted by atomic mass is 15.1. The van der Waals surface area contributed by atoms with Gasteiger partial charge in [-0.25, -0.2) is 0 Å². The van der Waals surface area contributed by atoms with Crippen LogP contribution in [0.5, 0.6) is 0 Å². The third kappa shape index (κ3) is 3.19. The normalized spacial score (nSPS) is 12.4. The van der Waals surface area contributed by atoms with Gasteiger partial charge < -0.3 is 9.47 Å². The average molecular weight is 260 g/mol. The van der Waals surface area contributed by atoms with Crippen LogP contribution in [0.25, 0.3) is 10.9 Å². The van der Waals surface area contributed by atoms with Crippen molar-refractivity contribution in [3.8, 4) is 0 Å². The second kappa shape index (κ2) is 6.76. The molecule has 0 radical (unpaired) electrons. The van der Waals surface area contributed by atoms with Crippen LogP contribution in [-0.2, 0) is 7.05 Å². The van der Waals surface area contributed by atoms with Gasteiger partial charge in [-0.15, -0.1) is 0 Å². The zero-order chi connectivity index (χ0) is 14.6. The summed E-state index contributed by atoms with van der Waals surface area (Å²) < 4.78 is 2.30. The summed E-state index contributed by atoms with van der Waals surface area (Å²) >= 11 is 0. The monoisotopic (exact) mass is 260 g/mol. The van der Waals surface area contributed by atoms with E-state index in [2.05, 4.69) is 68.7 Å². The molecule has 2 rings (SSSR count). The van der Waals surface area contributed by atoms with Crippen molar-refractivity contribution in [1.29, 1.82) is 0 Å². The van der Waals surface area contributed by atoms with Gasteiger partial charge in [-0.2, -0.15) is 0 Å². The highest BCUT2D eigenvalue weighted by molar-refractivity contribution is 5.86. The van der Waals surface area contributed by atoms with E-state index in [9.17, 15) is 0 Å². The lowest BCUT2D eigenvalue weighted by atomic mass is 9.97. The van der Waals surface area contributed by atoms with Gasteiger partial charge in [0, 0.05) is 30.2 Å². The molecule has 0 aliphatic rings. The van der Waals surface area contributed by atoms with E-state index in [0.717, 1.165) is 6.54 Å². The molecule has 2 heteroatoms. The molecule has 0 saturated carbocycles. The zero-order valence-electron chi connectivity index (χ0n) is 13.5. The molecule has 0 aliphatic carbocycles. The summed E-state index contributed by atoms with van der Waals surface area (Å²) in [5.41, 5.74) is 4.22. The first-order chi connectivity index (χ1) is 9.02. The van der Waals surface area contributed by atoms with Gasteiger partial charge in [0.25, 0.3) is 0 Å². The maximum Gasteiger partial charge on any atom is 0.0482 e. The number of rotatable bonds is 3. The number of nitrogens with zero attached hydrogens (tertiary/aromatic N) is 2. The predicted octanol–water partition coefficient (Wildman–Crippen LogP) is 4.18. The van der Waals surface area contributed by atoms with Gasteiger partial charge in [-0.05, 0) is 38.6 Å². The molecule has 0 fully saturated rings. The van der Waals surface area contributed by atoms with E-state index in [-0.39, 0.29) is 0 Å². The van der Waals surface area contributed by atoms with E-state index in [4.69, 9.17) is 0 Å². The minimum absolute atomic E-state index is 0.566. The summed E-state index contributed by atoms with van der Waals surface area (Å²) in [6, 6.07) is 8.69. The fraction of sp³-hybridized carbons (Fsp3) is 0.529. The molecule has 106 valence electrons. The van der Waals surface area contributed by atoms with Crippen LogP contribution < -0.4 is 0 Å². The van der Waals surface area contributed by atoms with Crippen LogP contribution >= 0.6 is 0 Å². The second-order valence-corrected chi connectivity index (χ2v) is 5.24. The van der Waals surface area contributed by atoms with Gasteiger partial charge in [0.05, 0.1) is 0 Å². The molecule has 0 N–H and O–H groups in total. The zero-order valence-corrected chi connectivity index (χ0v) is 13.5. The maximum atomic E-state index is 2.31. The van der Waals surface area contributed by atoms with Crippen molar-refractivity contribution in [3.05, 3.63) is 35.5 Å². The largest absolute Gasteiger partial charge is 0.348 e. The SMILES string of the molecule is CC.Cc1c(C(C)CN(C)C)c2ccccc2n1C. The molecule has 2 aromatic rings. The van der Waals surface area contributed by atoms with Crippen molar-refractivity contribution in [2.45, 2.75) is 33.6 Å². The van der Waals surface area contributed by atoms with Crippen molar-refractivity contribution < 1.29 is 0 Å². The number of para-hydroxylation sites is 1. The number of fused-ring (bicyclic) bond motifs is 1. The van der Waals surface area contributed by atoms with Crippen LogP contribution in [0.4, 0.5) is 0 Å². The van der Waals surface area contributed by atoms with Crippen LogP contribution in [-0.4, -0.2) is 30.1 Å². The third-order valence-electron chi connectivity index (χ3n) is 3.58. The van der Waals surface area contributed by atoms with E-state index in [1.165, 1.54) is 22.2 Å². The standard InChI is InChI=1S/C15H22N2.C2H6/c1-11(10-16(3)4)15-12(2)17(5)14-9-7-6-8-13(14)15;1-2/h6-9,11H,10H2,1-5H3;1-2H3. The van der Waals surface area contributed by atoms with Gasteiger partial charge in [0.2, 0.25) is 0 Å². The fourth-order valence-corrected chi connectivity index (χ4v) is 2.81. The molecular formula is C17H28N2. The first kappa shape index (κ1) is 15.8. The summed E-state index contributed by atoms with van der Waals surface area (Å²) in [5.74, 6) is 0.566. The van der Waals surface area contributed by atoms with Crippen LogP contribution in [0, 0.1) is 6.92 Å². The first-order valence-corrected chi connectivity index (χ1v) is 7.21. The van der Waals surface area contributed by atoms with Crippen molar-refractivity contribution in [3.63, 3.8) is 0 Å².